The van der Waals surface area contributed by atoms with Crippen molar-refractivity contribution in [3.63, 3.8) is 0 Å². The topological polar surface area (TPSA) is 113 Å². The van der Waals surface area contributed by atoms with Gasteiger partial charge in [0.05, 0.1) is 30.6 Å². The summed E-state index contributed by atoms with van der Waals surface area (Å²) in [5.41, 5.74) is 0.450. The zero-order chi connectivity index (χ0) is 31.4. The molecular weight excluding hydrogens is 615 g/mol. The smallest absolute Gasteiger partial charge is 0.330 e. The molecule has 0 radical (unpaired) electrons. The molecule has 0 unspecified atom stereocenters. The van der Waals surface area contributed by atoms with E-state index in [0.717, 1.165) is 54.2 Å². The fraction of sp³-hybridized carbons (Fsp3) is 0.382. The second-order valence-corrected chi connectivity index (χ2v) is 12.8. The molecule has 2 aromatic heterocycles. The second-order valence-electron chi connectivity index (χ2n) is 10.9. The SMILES string of the molecule is C=CC(=O)OCCCCCCOc1ccc(OOCC2CCC(C(=O)Oc3ccc(O)c4nc(-c5cccs5)sc34)CC2)cc1. The number of hydrogen-bond acceptors (Lipinski definition) is 11. The quantitative estimate of drug-likeness (QED) is 0.0320. The number of nitrogens with zero attached hydrogens (tertiary/aromatic N) is 1. The van der Waals surface area contributed by atoms with E-state index < -0.39 is 0 Å². The molecule has 0 aliphatic heterocycles. The lowest BCUT2D eigenvalue weighted by Crippen LogP contribution is -2.27. The summed E-state index contributed by atoms with van der Waals surface area (Å²) in [5.74, 6) is 1.33. The number of aromatic hydroxyl groups is 1. The highest BCUT2D eigenvalue weighted by atomic mass is 32.1. The molecule has 2 heterocycles. The molecular formula is C34H37NO8S2. The predicted molar refractivity (Wildman–Crippen MR) is 174 cm³/mol. The van der Waals surface area contributed by atoms with Crippen LogP contribution >= 0.6 is 22.7 Å². The van der Waals surface area contributed by atoms with Crippen LogP contribution < -0.4 is 14.4 Å². The summed E-state index contributed by atoms with van der Waals surface area (Å²) < 4.78 is 17.3. The van der Waals surface area contributed by atoms with Crippen LogP contribution in [0.1, 0.15) is 51.4 Å². The minimum Gasteiger partial charge on any atom is -0.506 e. The van der Waals surface area contributed by atoms with Crippen LogP contribution in [0.4, 0.5) is 0 Å². The van der Waals surface area contributed by atoms with Crippen LogP contribution in [0.25, 0.3) is 20.1 Å². The summed E-state index contributed by atoms with van der Waals surface area (Å²) in [4.78, 5) is 40.6. The first-order valence-electron chi connectivity index (χ1n) is 15.2. The summed E-state index contributed by atoms with van der Waals surface area (Å²) in [6, 6.07) is 14.4. The van der Waals surface area contributed by atoms with Crippen LogP contribution in [0, 0.1) is 11.8 Å². The lowest BCUT2D eigenvalue weighted by Gasteiger charge is -2.26. The minimum atomic E-state index is -0.381. The van der Waals surface area contributed by atoms with Crippen LogP contribution in [-0.4, -0.2) is 41.8 Å². The van der Waals surface area contributed by atoms with Gasteiger partial charge in [0.1, 0.15) is 26.7 Å². The van der Waals surface area contributed by atoms with Gasteiger partial charge >= 0.3 is 11.9 Å². The Morgan fingerprint density at radius 2 is 1.71 bits per heavy atom. The van der Waals surface area contributed by atoms with Crippen molar-refractivity contribution in [1.82, 2.24) is 4.98 Å². The number of phenolic OH excluding ortho intramolecular Hbond substituents is 1. The van der Waals surface area contributed by atoms with Crippen molar-refractivity contribution in [1.29, 1.82) is 0 Å². The lowest BCUT2D eigenvalue weighted by molar-refractivity contribution is -0.218. The van der Waals surface area contributed by atoms with Gasteiger partial charge in [-0.05, 0) is 105 Å². The van der Waals surface area contributed by atoms with Gasteiger partial charge in [0.15, 0.2) is 11.5 Å². The lowest BCUT2D eigenvalue weighted by atomic mass is 9.82. The highest BCUT2D eigenvalue weighted by Gasteiger charge is 2.29. The number of phenols is 1. The molecule has 1 aliphatic carbocycles. The zero-order valence-electron chi connectivity index (χ0n) is 25.0. The number of thiazole rings is 1. The number of carbonyl (C=O) groups is 2. The van der Waals surface area contributed by atoms with E-state index in [4.69, 9.17) is 24.0 Å². The third kappa shape index (κ3) is 9.29. The van der Waals surface area contributed by atoms with E-state index in [0.29, 0.717) is 60.3 Å². The largest absolute Gasteiger partial charge is 0.506 e. The van der Waals surface area contributed by atoms with Gasteiger partial charge in [-0.15, -0.1) is 22.7 Å². The van der Waals surface area contributed by atoms with E-state index in [1.54, 1.807) is 17.4 Å². The monoisotopic (exact) mass is 651 g/mol. The Balaban J connectivity index is 0.975. The number of hydrogen-bond donors (Lipinski definition) is 1. The molecule has 1 N–H and O–H groups in total. The van der Waals surface area contributed by atoms with Crippen molar-refractivity contribution in [2.24, 2.45) is 11.8 Å². The van der Waals surface area contributed by atoms with Gasteiger partial charge in [-0.1, -0.05) is 12.6 Å². The number of esters is 2. The van der Waals surface area contributed by atoms with Crippen LogP contribution in [-0.2, 0) is 19.2 Å². The van der Waals surface area contributed by atoms with Gasteiger partial charge in [0, 0.05) is 6.08 Å². The molecule has 2 aromatic carbocycles. The summed E-state index contributed by atoms with van der Waals surface area (Å²) in [7, 11) is 0. The highest BCUT2D eigenvalue weighted by Crippen LogP contribution is 2.41. The van der Waals surface area contributed by atoms with Gasteiger partial charge in [0.2, 0.25) is 0 Å². The van der Waals surface area contributed by atoms with Crippen LogP contribution in [0.5, 0.6) is 23.0 Å². The van der Waals surface area contributed by atoms with Gasteiger partial charge in [-0.2, -0.15) is 4.89 Å². The Hall–Kier alpha value is -3.93. The van der Waals surface area contributed by atoms with E-state index >= 15 is 0 Å². The van der Waals surface area contributed by atoms with Crippen molar-refractivity contribution >= 4 is 44.8 Å². The fourth-order valence-corrected chi connectivity index (χ4v) is 6.91. The molecule has 0 amide bonds. The van der Waals surface area contributed by atoms with Crippen LogP contribution in [0.3, 0.4) is 0 Å². The van der Waals surface area contributed by atoms with Gasteiger partial charge in [-0.3, -0.25) is 4.79 Å². The third-order valence-electron chi connectivity index (χ3n) is 7.61. The summed E-state index contributed by atoms with van der Waals surface area (Å²) >= 11 is 2.99. The van der Waals surface area contributed by atoms with E-state index in [9.17, 15) is 14.7 Å². The highest BCUT2D eigenvalue weighted by molar-refractivity contribution is 7.25. The third-order valence-corrected chi connectivity index (χ3v) is 9.72. The predicted octanol–water partition coefficient (Wildman–Crippen LogP) is 8.12. The summed E-state index contributed by atoms with van der Waals surface area (Å²) in [6.45, 7) is 4.85. The molecule has 0 spiro atoms. The molecule has 238 valence electrons. The van der Waals surface area contributed by atoms with Crippen molar-refractivity contribution < 1.29 is 38.7 Å². The maximum Gasteiger partial charge on any atom is 0.330 e. The molecule has 1 fully saturated rings. The molecule has 5 rings (SSSR count). The first kappa shape index (κ1) is 32.5. The van der Waals surface area contributed by atoms with Crippen molar-refractivity contribution in [3.05, 3.63) is 66.6 Å². The number of thiophene rings is 1. The average molecular weight is 652 g/mol. The molecule has 1 aliphatic rings. The first-order chi connectivity index (χ1) is 22.0. The maximum absolute atomic E-state index is 13.0. The second kappa shape index (κ2) is 16.4. The molecule has 0 bridgehead atoms. The summed E-state index contributed by atoms with van der Waals surface area (Å²) in [5, 5.41) is 13.1. The molecule has 1 saturated carbocycles. The van der Waals surface area contributed by atoms with E-state index in [1.165, 1.54) is 23.5 Å². The summed E-state index contributed by atoms with van der Waals surface area (Å²) in [6.07, 6.45) is 7.99. The zero-order valence-corrected chi connectivity index (χ0v) is 26.6. The first-order valence-corrected chi connectivity index (χ1v) is 16.9. The Morgan fingerprint density at radius 3 is 2.44 bits per heavy atom. The van der Waals surface area contributed by atoms with Crippen molar-refractivity contribution in [3.8, 4) is 32.9 Å². The molecule has 0 saturated heterocycles. The minimum absolute atomic E-state index is 0.0706. The number of benzene rings is 2. The number of carbonyl (C=O) groups excluding carboxylic acids is 2. The molecule has 45 heavy (non-hydrogen) atoms. The number of unbranched alkanes of at least 4 members (excludes halogenated alkanes) is 3. The molecule has 11 heteroatoms. The molecule has 4 aromatic rings. The van der Waals surface area contributed by atoms with Gasteiger partial charge < -0.3 is 24.2 Å². The van der Waals surface area contributed by atoms with Crippen LogP contribution in [0.2, 0.25) is 0 Å². The average Bonchev–Trinajstić information content (AvgIpc) is 3.76. The van der Waals surface area contributed by atoms with Crippen LogP contribution in [0.15, 0.2) is 66.6 Å². The van der Waals surface area contributed by atoms with E-state index in [2.05, 4.69) is 11.6 Å². The number of fused-ring (bicyclic) bond motifs is 1. The maximum atomic E-state index is 13.0. The Labute approximate surface area is 270 Å². The number of rotatable bonds is 16. The standard InChI is InChI=1S/C34H37NO8S2/c1-2-30(37)40-20-6-4-3-5-19-39-25-13-15-26(16-14-25)43-41-22-23-9-11-24(12-10-23)34(38)42-28-18-17-27(36)31-32(28)45-33(35-31)29-8-7-21-44-29/h2,7-8,13-18,21,23-24,36H,1,3-6,9-12,19-20,22H2. The van der Waals surface area contributed by atoms with Crippen molar-refractivity contribution in [2.75, 3.05) is 19.8 Å². The molecule has 0 atom stereocenters. The van der Waals surface area contributed by atoms with E-state index in [-0.39, 0.29) is 23.6 Å². The van der Waals surface area contributed by atoms with Gasteiger partial charge in [-0.25, -0.2) is 9.78 Å². The Kier molecular flexibility index (Phi) is 11.8. The molecule has 9 nitrogen and oxygen atoms in total. The Bertz CT molecular complexity index is 1540. The number of aromatic nitrogens is 1. The number of ether oxygens (including phenoxy) is 3. The van der Waals surface area contributed by atoms with Gasteiger partial charge in [0.25, 0.3) is 0 Å². The van der Waals surface area contributed by atoms with Crippen molar-refractivity contribution in [2.45, 2.75) is 51.4 Å². The Morgan fingerprint density at radius 1 is 0.956 bits per heavy atom. The normalized spacial score (nSPS) is 16.3. The van der Waals surface area contributed by atoms with E-state index in [1.807, 2.05) is 41.8 Å². The fourth-order valence-electron chi connectivity index (χ4n) is 5.08.